The van der Waals surface area contributed by atoms with Gasteiger partial charge in [0.2, 0.25) is 5.95 Å². The van der Waals surface area contributed by atoms with Crippen LogP contribution in [0.5, 0.6) is 0 Å². The highest BCUT2D eigenvalue weighted by molar-refractivity contribution is 8.07. The molecule has 0 radical (unpaired) electrons. The molecule has 24 heteroatoms. The zero-order chi connectivity index (χ0) is 31.8. The van der Waals surface area contributed by atoms with Crippen LogP contribution in [0, 0.1) is 5.92 Å². The Labute approximate surface area is 260 Å². The Bertz CT molecular complexity index is 1940. The van der Waals surface area contributed by atoms with Gasteiger partial charge in [0.15, 0.2) is 23.2 Å². The van der Waals surface area contributed by atoms with Crippen LogP contribution in [-0.4, -0.2) is 92.5 Å². The minimum atomic E-state index is -4.89. The highest BCUT2D eigenvalue weighted by Crippen LogP contribution is 2.55. The van der Waals surface area contributed by atoms with Gasteiger partial charge in [-0.2, -0.15) is 9.36 Å². The summed E-state index contributed by atoms with van der Waals surface area (Å²) in [6.45, 7) is -3.45. The number of anilines is 2. The second kappa shape index (κ2) is 11.3. The molecule has 45 heavy (non-hydrogen) atoms. The van der Waals surface area contributed by atoms with Crippen molar-refractivity contribution in [3.05, 3.63) is 27.9 Å². The van der Waals surface area contributed by atoms with Crippen LogP contribution in [-0.2, 0) is 43.9 Å². The first kappa shape index (κ1) is 31.1. The molecule has 242 valence electrons. The lowest BCUT2D eigenvalue weighted by Gasteiger charge is -2.27. The number of imidazole rings is 1. The Morgan fingerprint density at radius 2 is 1.84 bits per heavy atom. The molecule has 0 saturated carbocycles. The monoisotopic (exact) mass is 705 g/mol. The molecule has 20 nitrogen and oxygen atoms in total. The van der Waals surface area contributed by atoms with Crippen LogP contribution < -0.4 is 17.0 Å². The van der Waals surface area contributed by atoms with E-state index in [0.717, 1.165) is 11.5 Å². The Balaban J connectivity index is 1.21. The molecule has 7 rings (SSSR count). The van der Waals surface area contributed by atoms with Gasteiger partial charge in [0.1, 0.15) is 47.9 Å². The molecule has 8 N–H and O–H groups in total. The number of aromatic amines is 1. The molecule has 3 aliphatic rings. The lowest BCUT2D eigenvalue weighted by molar-refractivity contribution is -0.0595. The van der Waals surface area contributed by atoms with Crippen LogP contribution in [0.1, 0.15) is 24.1 Å². The molecule has 3 fully saturated rings. The number of rotatable bonds is 2. The van der Waals surface area contributed by atoms with E-state index in [-0.39, 0.29) is 29.5 Å². The van der Waals surface area contributed by atoms with E-state index >= 15 is 0 Å². The second-order valence-electron chi connectivity index (χ2n) is 10.5. The minimum Gasteiger partial charge on any atom is -0.387 e. The summed E-state index contributed by atoms with van der Waals surface area (Å²) < 4.78 is 53.4. The van der Waals surface area contributed by atoms with Gasteiger partial charge in [-0.05, 0) is 23.3 Å². The van der Waals surface area contributed by atoms with Gasteiger partial charge in [-0.25, -0.2) is 19.5 Å². The SMILES string of the molecule is C[C@H]1[C@H]2OP(=O)(O)OC[C@H]3O[C@@H](c4snc5c(N)ncnc45)[C@H](O)[C@@H]3OP(O)(=S)OC[C@H]1O[C@H]2n1cnc2c(=O)[nH]c(N)nc21. The van der Waals surface area contributed by atoms with Gasteiger partial charge in [-0.3, -0.25) is 27.9 Å². The first-order chi connectivity index (χ1) is 21.3. The number of phosphoric acid groups is 1. The average molecular weight is 706 g/mol. The quantitative estimate of drug-likeness (QED) is 0.148. The fourth-order valence-corrected chi connectivity index (χ4v) is 8.80. The average Bonchev–Trinajstić information content (AvgIpc) is 3.72. The maximum absolute atomic E-state index is 13.3. The molecule has 2 bridgehead atoms. The number of hydrogen-bond donors (Lipinski definition) is 6. The number of aliphatic hydroxyl groups excluding tert-OH is 1. The van der Waals surface area contributed by atoms with Gasteiger partial charge in [0.05, 0.1) is 30.5 Å². The number of hydrogen-bond acceptors (Lipinski definition) is 18. The Kier molecular flexibility index (Phi) is 7.80. The first-order valence-corrected chi connectivity index (χ1v) is 18.1. The Hall–Kier alpha value is -2.56. The number of ether oxygens (including phenoxy) is 2. The lowest BCUT2D eigenvalue weighted by atomic mass is 10.0. The molecule has 7 heterocycles. The molecule has 0 aliphatic carbocycles. The third kappa shape index (κ3) is 5.58. The topological polar surface area (TPSA) is 287 Å². The highest BCUT2D eigenvalue weighted by Gasteiger charge is 2.52. The molecule has 3 saturated heterocycles. The van der Waals surface area contributed by atoms with Crippen LogP contribution in [0.15, 0.2) is 17.4 Å². The molecule has 0 amide bonds. The molecule has 2 unspecified atom stereocenters. The number of aliphatic hydroxyl groups is 1. The summed E-state index contributed by atoms with van der Waals surface area (Å²) in [4.78, 5) is 53.2. The predicted molar refractivity (Wildman–Crippen MR) is 157 cm³/mol. The van der Waals surface area contributed by atoms with Crippen molar-refractivity contribution in [3.8, 4) is 0 Å². The van der Waals surface area contributed by atoms with E-state index in [2.05, 4.69) is 29.3 Å². The van der Waals surface area contributed by atoms with Crippen LogP contribution in [0.2, 0.25) is 0 Å². The summed E-state index contributed by atoms with van der Waals surface area (Å²) in [5.41, 5.74) is 11.6. The van der Waals surface area contributed by atoms with Crippen LogP contribution in [0.4, 0.5) is 11.8 Å². The molecule has 4 aromatic rings. The summed E-state index contributed by atoms with van der Waals surface area (Å²) in [5.74, 6) is -0.747. The lowest BCUT2D eigenvalue weighted by Crippen LogP contribution is -2.35. The van der Waals surface area contributed by atoms with E-state index in [1.807, 2.05) is 0 Å². The van der Waals surface area contributed by atoms with Crippen LogP contribution in [0.25, 0.3) is 22.2 Å². The van der Waals surface area contributed by atoms with Gasteiger partial charge in [0, 0.05) is 5.92 Å². The summed E-state index contributed by atoms with van der Waals surface area (Å²) in [5, 5.41) is 11.3. The van der Waals surface area contributed by atoms with Crippen molar-refractivity contribution in [2.24, 2.45) is 5.92 Å². The third-order valence-electron chi connectivity index (χ3n) is 7.65. The standard InChI is InChI=1S/C21H25N9O11P2S2/c1-6-7-2-37-43(35,44)41-14-8(38-15(12(14)31)16-9-10(29-45-16)17(22)25-4-24-9)3-36-42(33,34)40-13(6)20(39-7)30-5-26-11-18(30)27-21(23)28-19(11)32/h4-8,12-15,20,31H,2-3H2,1H3,(H,33,34)(H,35,44)(H2,22,24,25)(H3,23,27,28,32)/t6-,7-,8-,12-,13-,14-,15-,20-,43?/m1/s1. The fraction of sp³-hybridized carbons (Fsp3) is 0.524. The summed E-state index contributed by atoms with van der Waals surface area (Å²) >= 11 is 6.22. The zero-order valence-corrected chi connectivity index (χ0v) is 26.3. The Morgan fingerprint density at radius 1 is 1.07 bits per heavy atom. The molecular weight excluding hydrogens is 680 g/mol. The number of nitrogens with zero attached hydrogens (tertiary/aromatic N) is 6. The molecule has 0 aromatic carbocycles. The van der Waals surface area contributed by atoms with Crippen molar-refractivity contribution in [1.82, 2.24) is 33.9 Å². The largest absolute Gasteiger partial charge is 0.472 e. The van der Waals surface area contributed by atoms with E-state index in [0.29, 0.717) is 15.9 Å². The van der Waals surface area contributed by atoms with Crippen molar-refractivity contribution in [1.29, 1.82) is 0 Å². The van der Waals surface area contributed by atoms with Gasteiger partial charge in [-0.1, -0.05) is 6.92 Å². The summed E-state index contributed by atoms with van der Waals surface area (Å²) in [6, 6.07) is 0. The number of phosphoric ester groups is 1. The highest BCUT2D eigenvalue weighted by atomic mass is 32.5. The second-order valence-corrected chi connectivity index (χ2v) is 15.5. The maximum Gasteiger partial charge on any atom is 0.472 e. The molecule has 10 atom stereocenters. The van der Waals surface area contributed by atoms with Gasteiger partial charge < -0.3 is 40.4 Å². The van der Waals surface area contributed by atoms with Crippen molar-refractivity contribution in [2.45, 2.75) is 49.8 Å². The van der Waals surface area contributed by atoms with E-state index in [1.165, 1.54) is 17.2 Å². The third-order valence-corrected chi connectivity index (χ3v) is 11.1. The summed E-state index contributed by atoms with van der Waals surface area (Å²) in [6.07, 6.45) is -6.02. The number of aromatic nitrogens is 7. The smallest absolute Gasteiger partial charge is 0.387 e. The number of nitrogens with one attached hydrogen (secondary N) is 1. The van der Waals surface area contributed by atoms with Gasteiger partial charge >= 0.3 is 14.5 Å². The molecule has 4 aromatic heterocycles. The van der Waals surface area contributed by atoms with Gasteiger partial charge in [-0.15, -0.1) is 0 Å². The molecule has 0 spiro atoms. The fourth-order valence-electron chi connectivity index (χ4n) is 5.45. The van der Waals surface area contributed by atoms with Crippen molar-refractivity contribution in [3.63, 3.8) is 0 Å². The minimum absolute atomic E-state index is 0.0267. The van der Waals surface area contributed by atoms with Crippen LogP contribution >= 0.6 is 26.1 Å². The van der Waals surface area contributed by atoms with Gasteiger partial charge in [0.25, 0.3) is 5.56 Å². The van der Waals surface area contributed by atoms with Crippen LogP contribution in [0.3, 0.4) is 0 Å². The first-order valence-electron chi connectivity index (χ1n) is 13.2. The molecule has 3 aliphatic heterocycles. The number of nitrogens with two attached hydrogens (primary N) is 2. The predicted octanol–water partition coefficient (Wildman–Crippen LogP) is -0.147. The Morgan fingerprint density at radius 3 is 2.64 bits per heavy atom. The maximum atomic E-state index is 13.3. The van der Waals surface area contributed by atoms with E-state index in [4.69, 9.17) is 50.8 Å². The normalized spacial score (nSPS) is 37.7. The number of nitrogen functional groups attached to an aromatic ring is 2. The summed E-state index contributed by atoms with van der Waals surface area (Å²) in [7, 11) is -4.89. The van der Waals surface area contributed by atoms with E-state index in [1.54, 1.807) is 6.92 Å². The van der Waals surface area contributed by atoms with Crippen molar-refractivity contribution < 1.29 is 47.0 Å². The number of H-pyrrole nitrogens is 1. The van der Waals surface area contributed by atoms with Crippen molar-refractivity contribution >= 4 is 71.8 Å². The zero-order valence-electron chi connectivity index (χ0n) is 22.8. The van der Waals surface area contributed by atoms with Crippen molar-refractivity contribution in [2.75, 3.05) is 24.7 Å². The number of fused-ring (bicyclic) bond motifs is 5. The van der Waals surface area contributed by atoms with E-state index in [9.17, 15) is 24.3 Å². The molecular formula is C21H25N9O11P2S2. The van der Waals surface area contributed by atoms with E-state index < -0.39 is 75.5 Å².